The molecule has 154 valence electrons. The molecule has 0 unspecified atom stereocenters. The number of pyridine rings is 2. The molecule has 0 saturated carbocycles. The molecule has 2 heterocycles. The highest BCUT2D eigenvalue weighted by molar-refractivity contribution is 6.01. The topological polar surface area (TPSA) is 61.3 Å². The Balaban J connectivity index is 1.66. The molecular formula is C26H22N2O3. The van der Waals surface area contributed by atoms with Crippen LogP contribution in [-0.2, 0) is 13.0 Å². The van der Waals surface area contributed by atoms with Gasteiger partial charge in [0.15, 0.2) is 5.78 Å². The van der Waals surface area contributed by atoms with Gasteiger partial charge in [0.25, 0.3) is 0 Å². The molecule has 0 radical (unpaired) electrons. The summed E-state index contributed by atoms with van der Waals surface area (Å²) in [6.07, 6.45) is 5.28. The van der Waals surface area contributed by atoms with E-state index in [0.29, 0.717) is 23.8 Å². The maximum atomic E-state index is 13.3. The first-order chi connectivity index (χ1) is 15.2. The highest BCUT2D eigenvalue weighted by Gasteiger charge is 2.17. The van der Waals surface area contributed by atoms with Crippen molar-refractivity contribution in [3.05, 3.63) is 108 Å². The van der Waals surface area contributed by atoms with Gasteiger partial charge in [-0.05, 0) is 47.0 Å². The minimum absolute atomic E-state index is 0.0646. The van der Waals surface area contributed by atoms with Gasteiger partial charge >= 0.3 is 0 Å². The number of benzene rings is 2. The average Bonchev–Trinajstić information content (AvgIpc) is 2.84. The standard InChI is InChI=1S/C26H22N2O3/c1-30-26-22(8-5-13-28-26)17-24(29)23-16-21(20-11-14-27-15-12-20)9-10-25(23)31-18-19-6-3-2-4-7-19/h2-16H,17-18H2,1H3. The third-order valence-corrected chi connectivity index (χ3v) is 4.93. The van der Waals surface area contributed by atoms with Gasteiger partial charge in [-0.15, -0.1) is 0 Å². The highest BCUT2D eigenvalue weighted by Crippen LogP contribution is 2.29. The van der Waals surface area contributed by atoms with Crippen LogP contribution in [-0.4, -0.2) is 22.9 Å². The molecule has 4 rings (SSSR count). The lowest BCUT2D eigenvalue weighted by molar-refractivity contribution is 0.0987. The van der Waals surface area contributed by atoms with Gasteiger partial charge < -0.3 is 9.47 Å². The summed E-state index contributed by atoms with van der Waals surface area (Å²) >= 11 is 0. The molecule has 0 bridgehead atoms. The number of aromatic nitrogens is 2. The van der Waals surface area contributed by atoms with E-state index in [9.17, 15) is 4.79 Å². The first-order valence-electron chi connectivity index (χ1n) is 9.97. The summed E-state index contributed by atoms with van der Waals surface area (Å²) in [5.74, 6) is 0.938. The van der Waals surface area contributed by atoms with E-state index in [1.807, 2.05) is 66.7 Å². The summed E-state index contributed by atoms with van der Waals surface area (Å²) in [5.41, 5.74) is 4.20. The average molecular weight is 410 g/mol. The molecule has 0 spiro atoms. The summed E-state index contributed by atoms with van der Waals surface area (Å²) in [5, 5.41) is 0. The second-order valence-corrected chi connectivity index (χ2v) is 6.99. The van der Waals surface area contributed by atoms with Crippen molar-refractivity contribution in [3.8, 4) is 22.8 Å². The Kier molecular flexibility index (Phi) is 6.33. The number of nitrogens with zero attached hydrogens (tertiary/aromatic N) is 2. The molecule has 5 heteroatoms. The molecule has 31 heavy (non-hydrogen) atoms. The Morgan fingerprint density at radius 2 is 1.68 bits per heavy atom. The number of hydrogen-bond acceptors (Lipinski definition) is 5. The molecule has 0 aliphatic heterocycles. The first-order valence-corrected chi connectivity index (χ1v) is 9.97. The van der Waals surface area contributed by atoms with Gasteiger partial charge in [-0.3, -0.25) is 9.78 Å². The quantitative estimate of drug-likeness (QED) is 0.376. The molecule has 0 fully saturated rings. The van der Waals surface area contributed by atoms with Crippen molar-refractivity contribution in [2.45, 2.75) is 13.0 Å². The maximum absolute atomic E-state index is 13.3. The molecule has 0 aliphatic carbocycles. The van der Waals surface area contributed by atoms with Crippen LogP contribution < -0.4 is 9.47 Å². The van der Waals surface area contributed by atoms with Crippen LogP contribution in [0.25, 0.3) is 11.1 Å². The van der Waals surface area contributed by atoms with Gasteiger partial charge in [-0.2, -0.15) is 0 Å². The molecule has 5 nitrogen and oxygen atoms in total. The van der Waals surface area contributed by atoms with Crippen LogP contribution in [0.2, 0.25) is 0 Å². The van der Waals surface area contributed by atoms with Crippen molar-refractivity contribution in [3.63, 3.8) is 0 Å². The van der Waals surface area contributed by atoms with Crippen molar-refractivity contribution >= 4 is 5.78 Å². The Hall–Kier alpha value is -3.99. The number of Topliss-reactive ketones (excluding diaryl/α,β-unsaturated/α-hetero) is 1. The summed E-state index contributed by atoms with van der Waals surface area (Å²) in [6.45, 7) is 0.381. The number of ketones is 1. The van der Waals surface area contributed by atoms with Crippen LogP contribution in [0, 0.1) is 0 Å². The SMILES string of the molecule is COc1ncccc1CC(=O)c1cc(-c2ccncc2)ccc1OCc1ccccc1. The molecular weight excluding hydrogens is 388 g/mol. The van der Waals surface area contributed by atoms with Crippen LogP contribution in [0.1, 0.15) is 21.5 Å². The lowest BCUT2D eigenvalue weighted by Crippen LogP contribution is -2.09. The Morgan fingerprint density at radius 3 is 2.45 bits per heavy atom. The Bertz CT molecular complexity index is 1160. The van der Waals surface area contributed by atoms with E-state index in [-0.39, 0.29) is 12.2 Å². The second kappa shape index (κ2) is 9.67. The lowest BCUT2D eigenvalue weighted by Gasteiger charge is -2.14. The lowest BCUT2D eigenvalue weighted by atomic mass is 9.98. The number of methoxy groups -OCH3 is 1. The molecule has 4 aromatic rings. The normalized spacial score (nSPS) is 10.5. The summed E-state index contributed by atoms with van der Waals surface area (Å²) in [6, 6.07) is 23.0. The van der Waals surface area contributed by atoms with Crippen LogP contribution in [0.4, 0.5) is 0 Å². The van der Waals surface area contributed by atoms with Crippen LogP contribution >= 0.6 is 0 Å². The fraction of sp³-hybridized carbons (Fsp3) is 0.115. The van der Waals surface area contributed by atoms with Crippen molar-refractivity contribution in [1.82, 2.24) is 9.97 Å². The zero-order chi connectivity index (χ0) is 21.5. The molecule has 0 aliphatic rings. The molecule has 2 aromatic carbocycles. The van der Waals surface area contributed by atoms with E-state index in [1.54, 1.807) is 31.8 Å². The van der Waals surface area contributed by atoms with Gasteiger partial charge in [0, 0.05) is 30.6 Å². The minimum Gasteiger partial charge on any atom is -0.488 e. The van der Waals surface area contributed by atoms with Gasteiger partial charge in [-0.25, -0.2) is 4.98 Å². The van der Waals surface area contributed by atoms with E-state index < -0.39 is 0 Å². The number of ether oxygens (including phenoxy) is 2. The van der Waals surface area contributed by atoms with Crippen LogP contribution in [0.15, 0.2) is 91.4 Å². The Morgan fingerprint density at radius 1 is 0.871 bits per heavy atom. The number of carbonyl (C=O) groups is 1. The largest absolute Gasteiger partial charge is 0.488 e. The van der Waals surface area contributed by atoms with Crippen molar-refractivity contribution in [2.75, 3.05) is 7.11 Å². The monoisotopic (exact) mass is 410 g/mol. The smallest absolute Gasteiger partial charge is 0.216 e. The van der Waals surface area contributed by atoms with Crippen LogP contribution in [0.5, 0.6) is 11.6 Å². The first kappa shape index (κ1) is 20.3. The molecule has 0 N–H and O–H groups in total. The van der Waals surface area contributed by atoms with Gasteiger partial charge in [-0.1, -0.05) is 42.5 Å². The number of carbonyl (C=O) groups excluding carboxylic acids is 1. The van der Waals surface area contributed by atoms with E-state index >= 15 is 0 Å². The summed E-state index contributed by atoms with van der Waals surface area (Å²) in [7, 11) is 1.55. The van der Waals surface area contributed by atoms with Crippen molar-refractivity contribution < 1.29 is 14.3 Å². The van der Waals surface area contributed by atoms with E-state index in [2.05, 4.69) is 9.97 Å². The molecule has 0 amide bonds. The molecule has 2 aromatic heterocycles. The third kappa shape index (κ3) is 4.95. The zero-order valence-electron chi connectivity index (χ0n) is 17.2. The predicted octanol–water partition coefficient (Wildman–Crippen LogP) is 5.16. The van der Waals surface area contributed by atoms with Crippen LogP contribution in [0.3, 0.4) is 0 Å². The maximum Gasteiger partial charge on any atom is 0.216 e. The fourth-order valence-corrected chi connectivity index (χ4v) is 3.34. The molecule has 0 saturated heterocycles. The number of rotatable bonds is 8. The molecule has 0 atom stereocenters. The van der Waals surface area contributed by atoms with Crippen molar-refractivity contribution in [1.29, 1.82) is 0 Å². The van der Waals surface area contributed by atoms with E-state index in [1.165, 1.54) is 0 Å². The van der Waals surface area contributed by atoms with E-state index in [0.717, 1.165) is 22.3 Å². The fourth-order valence-electron chi connectivity index (χ4n) is 3.34. The van der Waals surface area contributed by atoms with Gasteiger partial charge in [0.1, 0.15) is 12.4 Å². The number of hydrogen-bond donors (Lipinski definition) is 0. The minimum atomic E-state index is -0.0646. The zero-order valence-corrected chi connectivity index (χ0v) is 17.2. The Labute approximate surface area is 181 Å². The van der Waals surface area contributed by atoms with Gasteiger partial charge in [0.2, 0.25) is 5.88 Å². The summed E-state index contributed by atoms with van der Waals surface area (Å²) < 4.78 is 11.4. The van der Waals surface area contributed by atoms with Gasteiger partial charge in [0.05, 0.1) is 12.7 Å². The second-order valence-electron chi connectivity index (χ2n) is 6.99. The predicted molar refractivity (Wildman–Crippen MR) is 119 cm³/mol. The third-order valence-electron chi connectivity index (χ3n) is 4.93. The summed E-state index contributed by atoms with van der Waals surface area (Å²) in [4.78, 5) is 21.6. The van der Waals surface area contributed by atoms with E-state index in [4.69, 9.17) is 9.47 Å². The van der Waals surface area contributed by atoms with Crippen molar-refractivity contribution in [2.24, 2.45) is 0 Å². The highest BCUT2D eigenvalue weighted by atomic mass is 16.5.